The molecular weight excluding hydrogens is 422 g/mol. The van der Waals surface area contributed by atoms with E-state index in [4.69, 9.17) is 14.2 Å². The average Bonchev–Trinajstić information content (AvgIpc) is 3.02. The maximum Gasteiger partial charge on any atom is 0.243 e. The molecule has 2 amide bonds. The standard InChI is InChI=1S/C25H25N3O5/c1-31-21-11-5-8-17(24(21)32-2)15-27-22(29)12-13-23(30)28-16-18-7-3-4-10-20(18)33-25-19(28)9-6-14-26-25/h3-11,14H,12-13,15-16H2,1-2H3,(H,27,29). The van der Waals surface area contributed by atoms with E-state index in [-0.39, 0.29) is 31.2 Å². The van der Waals surface area contributed by atoms with E-state index in [0.29, 0.717) is 35.4 Å². The van der Waals surface area contributed by atoms with Gasteiger partial charge < -0.3 is 24.4 Å². The van der Waals surface area contributed by atoms with Crippen LogP contribution in [0.3, 0.4) is 0 Å². The van der Waals surface area contributed by atoms with Crippen LogP contribution < -0.4 is 24.4 Å². The monoisotopic (exact) mass is 447 g/mol. The first kappa shape index (κ1) is 22.1. The van der Waals surface area contributed by atoms with E-state index in [1.54, 1.807) is 43.5 Å². The number of carbonyl (C=O) groups excluding carboxylic acids is 2. The fraction of sp³-hybridized carbons (Fsp3) is 0.240. The maximum atomic E-state index is 13.1. The van der Waals surface area contributed by atoms with E-state index in [1.807, 2.05) is 36.4 Å². The van der Waals surface area contributed by atoms with E-state index >= 15 is 0 Å². The lowest BCUT2D eigenvalue weighted by Crippen LogP contribution is -2.31. The summed E-state index contributed by atoms with van der Waals surface area (Å²) in [7, 11) is 3.11. The highest BCUT2D eigenvalue weighted by Gasteiger charge is 2.26. The van der Waals surface area contributed by atoms with Crippen molar-refractivity contribution < 1.29 is 23.8 Å². The number of amides is 2. The van der Waals surface area contributed by atoms with Crippen molar-refractivity contribution >= 4 is 17.5 Å². The van der Waals surface area contributed by atoms with Crippen molar-refractivity contribution in [3.8, 4) is 23.1 Å². The number of nitrogens with one attached hydrogen (secondary N) is 1. The molecule has 1 N–H and O–H groups in total. The summed E-state index contributed by atoms with van der Waals surface area (Å²) >= 11 is 0. The zero-order valence-corrected chi connectivity index (χ0v) is 18.5. The molecular formula is C25H25N3O5. The summed E-state index contributed by atoms with van der Waals surface area (Å²) in [6, 6.07) is 16.6. The van der Waals surface area contributed by atoms with Crippen molar-refractivity contribution in [2.24, 2.45) is 0 Å². The Balaban J connectivity index is 1.41. The zero-order chi connectivity index (χ0) is 23.2. The summed E-state index contributed by atoms with van der Waals surface area (Å²) in [6.45, 7) is 0.613. The van der Waals surface area contributed by atoms with Crippen molar-refractivity contribution in [1.29, 1.82) is 0 Å². The molecule has 3 aromatic rings. The Morgan fingerprint density at radius 1 is 1.03 bits per heavy atom. The molecule has 1 aliphatic rings. The molecule has 0 fully saturated rings. The van der Waals surface area contributed by atoms with Gasteiger partial charge in [-0.25, -0.2) is 4.98 Å². The molecule has 0 saturated heterocycles. The SMILES string of the molecule is COc1cccc(CNC(=O)CCC(=O)N2Cc3ccccc3Oc3ncccc32)c1OC. The van der Waals surface area contributed by atoms with Gasteiger partial charge in [-0.05, 0) is 24.3 Å². The van der Waals surface area contributed by atoms with Crippen LogP contribution in [0.2, 0.25) is 0 Å². The third kappa shape index (κ3) is 4.90. The van der Waals surface area contributed by atoms with Gasteiger partial charge in [-0.1, -0.05) is 30.3 Å². The van der Waals surface area contributed by atoms with Crippen LogP contribution in [0.1, 0.15) is 24.0 Å². The number of benzene rings is 2. The third-order valence-electron chi connectivity index (χ3n) is 5.38. The minimum absolute atomic E-state index is 0.0532. The molecule has 2 heterocycles. The fourth-order valence-corrected chi connectivity index (χ4v) is 3.71. The number of hydrogen-bond acceptors (Lipinski definition) is 6. The van der Waals surface area contributed by atoms with E-state index in [0.717, 1.165) is 11.1 Å². The van der Waals surface area contributed by atoms with Crippen LogP contribution in [0.15, 0.2) is 60.8 Å². The molecule has 1 aromatic heterocycles. The van der Waals surface area contributed by atoms with Gasteiger partial charge in [0.25, 0.3) is 0 Å². The van der Waals surface area contributed by atoms with Crippen LogP contribution in [0.5, 0.6) is 23.1 Å². The zero-order valence-electron chi connectivity index (χ0n) is 18.5. The summed E-state index contributed by atoms with van der Waals surface area (Å²) in [5.41, 5.74) is 2.25. The molecule has 170 valence electrons. The second-order valence-corrected chi connectivity index (χ2v) is 7.45. The number of anilines is 1. The van der Waals surface area contributed by atoms with Gasteiger partial charge in [-0.3, -0.25) is 9.59 Å². The molecule has 0 unspecified atom stereocenters. The van der Waals surface area contributed by atoms with Gasteiger partial charge in [0, 0.05) is 36.7 Å². The highest BCUT2D eigenvalue weighted by Crippen LogP contribution is 2.37. The van der Waals surface area contributed by atoms with Crippen LogP contribution in [0.4, 0.5) is 5.69 Å². The second-order valence-electron chi connectivity index (χ2n) is 7.45. The molecule has 33 heavy (non-hydrogen) atoms. The first-order valence-electron chi connectivity index (χ1n) is 10.6. The minimum Gasteiger partial charge on any atom is -0.493 e. The number of para-hydroxylation sites is 2. The van der Waals surface area contributed by atoms with E-state index in [1.165, 1.54) is 0 Å². The third-order valence-corrected chi connectivity index (χ3v) is 5.38. The van der Waals surface area contributed by atoms with Crippen LogP contribution in [0, 0.1) is 0 Å². The number of ether oxygens (including phenoxy) is 3. The topological polar surface area (TPSA) is 90.0 Å². The van der Waals surface area contributed by atoms with Crippen LogP contribution in [0.25, 0.3) is 0 Å². The maximum absolute atomic E-state index is 13.1. The second kappa shape index (κ2) is 10.0. The molecule has 8 nitrogen and oxygen atoms in total. The summed E-state index contributed by atoms with van der Waals surface area (Å²) in [5.74, 6) is 1.78. The number of nitrogens with zero attached hydrogens (tertiary/aromatic N) is 2. The van der Waals surface area contributed by atoms with Gasteiger partial charge >= 0.3 is 0 Å². The van der Waals surface area contributed by atoms with Gasteiger partial charge in [0.05, 0.1) is 20.8 Å². The molecule has 0 saturated carbocycles. The number of methoxy groups -OCH3 is 2. The van der Waals surface area contributed by atoms with Gasteiger partial charge in [-0.15, -0.1) is 0 Å². The Bertz CT molecular complexity index is 1160. The molecule has 0 atom stereocenters. The largest absolute Gasteiger partial charge is 0.493 e. The lowest BCUT2D eigenvalue weighted by molar-refractivity contribution is -0.125. The Morgan fingerprint density at radius 3 is 2.70 bits per heavy atom. The first-order valence-corrected chi connectivity index (χ1v) is 10.6. The normalized spacial score (nSPS) is 12.0. The number of pyridine rings is 1. The molecule has 8 heteroatoms. The Kier molecular flexibility index (Phi) is 6.73. The van der Waals surface area contributed by atoms with Crippen molar-refractivity contribution in [2.45, 2.75) is 25.9 Å². The van der Waals surface area contributed by atoms with Crippen LogP contribution in [-0.4, -0.2) is 31.0 Å². The quantitative estimate of drug-likeness (QED) is 0.592. The van der Waals surface area contributed by atoms with Gasteiger partial charge in [0.15, 0.2) is 11.5 Å². The minimum atomic E-state index is -0.230. The van der Waals surface area contributed by atoms with Crippen molar-refractivity contribution in [2.75, 3.05) is 19.1 Å². The summed E-state index contributed by atoms with van der Waals surface area (Å²) in [4.78, 5) is 31.5. The lowest BCUT2D eigenvalue weighted by Gasteiger charge is -2.21. The molecule has 0 aliphatic carbocycles. The van der Waals surface area contributed by atoms with Gasteiger partial charge in [-0.2, -0.15) is 0 Å². The molecule has 0 spiro atoms. The summed E-state index contributed by atoms with van der Waals surface area (Å²) < 4.78 is 16.6. The van der Waals surface area contributed by atoms with E-state index in [2.05, 4.69) is 10.3 Å². The molecule has 0 bridgehead atoms. The highest BCUT2D eigenvalue weighted by atomic mass is 16.5. The van der Waals surface area contributed by atoms with Gasteiger partial charge in [0.2, 0.25) is 17.7 Å². The number of carbonyl (C=O) groups is 2. The number of hydrogen-bond donors (Lipinski definition) is 1. The summed E-state index contributed by atoms with van der Waals surface area (Å²) in [6.07, 6.45) is 1.73. The predicted molar refractivity (Wildman–Crippen MR) is 123 cm³/mol. The number of aromatic nitrogens is 1. The van der Waals surface area contributed by atoms with Crippen molar-refractivity contribution in [1.82, 2.24) is 10.3 Å². The lowest BCUT2D eigenvalue weighted by atomic mass is 10.1. The Morgan fingerprint density at radius 2 is 1.88 bits per heavy atom. The van der Waals surface area contributed by atoms with E-state index in [9.17, 15) is 9.59 Å². The first-order chi connectivity index (χ1) is 16.1. The van der Waals surface area contributed by atoms with Crippen LogP contribution >= 0.6 is 0 Å². The van der Waals surface area contributed by atoms with Gasteiger partial charge in [0.1, 0.15) is 11.4 Å². The Hall–Kier alpha value is -4.07. The highest BCUT2D eigenvalue weighted by molar-refractivity contribution is 5.96. The number of rotatable bonds is 7. The Labute approximate surface area is 192 Å². The molecule has 2 aromatic carbocycles. The molecule has 0 radical (unpaired) electrons. The van der Waals surface area contributed by atoms with Crippen LogP contribution in [-0.2, 0) is 22.7 Å². The predicted octanol–water partition coefficient (Wildman–Crippen LogP) is 3.83. The average molecular weight is 447 g/mol. The van der Waals surface area contributed by atoms with Crippen molar-refractivity contribution in [3.05, 3.63) is 71.9 Å². The smallest absolute Gasteiger partial charge is 0.243 e. The number of fused-ring (bicyclic) bond motifs is 2. The summed E-state index contributed by atoms with van der Waals surface area (Å²) in [5, 5.41) is 2.85. The van der Waals surface area contributed by atoms with Crippen molar-refractivity contribution in [3.63, 3.8) is 0 Å². The molecule has 4 rings (SSSR count). The molecule has 1 aliphatic heterocycles. The fourth-order valence-electron chi connectivity index (χ4n) is 3.71. The van der Waals surface area contributed by atoms with E-state index < -0.39 is 0 Å².